The highest BCUT2D eigenvalue weighted by atomic mass is 19.1. The van der Waals surface area contributed by atoms with Gasteiger partial charge in [0, 0.05) is 25.3 Å². The van der Waals surface area contributed by atoms with Gasteiger partial charge in [-0.15, -0.1) is 0 Å². The summed E-state index contributed by atoms with van der Waals surface area (Å²) in [5, 5.41) is 11.9. The van der Waals surface area contributed by atoms with Gasteiger partial charge >= 0.3 is 5.91 Å². The van der Waals surface area contributed by atoms with Gasteiger partial charge in [0.05, 0.1) is 0 Å². The molecule has 7 heteroatoms. The largest absolute Gasteiger partial charge is 0.366 e. The Morgan fingerprint density at radius 1 is 1.26 bits per heavy atom. The molecule has 6 nitrogen and oxygen atoms in total. The number of nitrogens with zero attached hydrogens (tertiary/aromatic N) is 2. The summed E-state index contributed by atoms with van der Waals surface area (Å²) in [7, 11) is 0. The summed E-state index contributed by atoms with van der Waals surface area (Å²) < 4.78 is 13.4. The van der Waals surface area contributed by atoms with Crippen LogP contribution in [0.5, 0.6) is 0 Å². The third-order valence-corrected chi connectivity index (χ3v) is 5.50. The Bertz CT molecular complexity index is 644. The van der Waals surface area contributed by atoms with Crippen molar-refractivity contribution >= 4 is 17.8 Å². The zero-order chi connectivity index (χ0) is 19.1. The van der Waals surface area contributed by atoms with Crippen LogP contribution in [0.4, 0.5) is 10.2 Å². The number of hydrogen-bond donors (Lipinski definition) is 3. The number of halogens is 1. The van der Waals surface area contributed by atoms with Crippen molar-refractivity contribution in [2.45, 2.75) is 51.0 Å². The maximum absolute atomic E-state index is 13.4. The molecule has 0 spiro atoms. The first kappa shape index (κ1) is 19.8. The van der Waals surface area contributed by atoms with Crippen molar-refractivity contribution in [3.05, 3.63) is 29.7 Å². The summed E-state index contributed by atoms with van der Waals surface area (Å²) in [6, 6.07) is 3.85. The van der Waals surface area contributed by atoms with Gasteiger partial charge in [0.15, 0.2) is 5.83 Å². The standard InChI is InChI=1S/C20H29FN4O2/c21-18(20(26)24-27)11-16-8-9-19(22-12-16)23-17-7-4-10-25(14-17)13-15-5-2-1-3-6-15/h8-9,11-12,15,17,27H,1-7,10,13-14H2,(H,22,23)(H,24,26)/t17-/m1/s1. The molecule has 2 aliphatic rings. The number of pyridine rings is 1. The maximum Gasteiger partial charge on any atom is 0.303 e. The monoisotopic (exact) mass is 376 g/mol. The number of anilines is 1. The van der Waals surface area contributed by atoms with E-state index in [9.17, 15) is 9.18 Å². The molecule has 1 aromatic heterocycles. The zero-order valence-corrected chi connectivity index (χ0v) is 15.7. The van der Waals surface area contributed by atoms with E-state index in [1.807, 2.05) is 0 Å². The van der Waals surface area contributed by atoms with E-state index in [4.69, 9.17) is 5.21 Å². The molecule has 1 aromatic rings. The average Bonchev–Trinajstić information content (AvgIpc) is 2.70. The number of amides is 1. The summed E-state index contributed by atoms with van der Waals surface area (Å²) in [5.41, 5.74) is 1.73. The quantitative estimate of drug-likeness (QED) is 0.403. The van der Waals surface area contributed by atoms with Crippen LogP contribution in [0.15, 0.2) is 24.2 Å². The molecular formula is C20H29FN4O2. The zero-order valence-electron chi connectivity index (χ0n) is 15.7. The van der Waals surface area contributed by atoms with Crippen LogP contribution in [0.25, 0.3) is 6.08 Å². The lowest BCUT2D eigenvalue weighted by Gasteiger charge is -2.36. The van der Waals surface area contributed by atoms with Crippen molar-refractivity contribution in [1.29, 1.82) is 0 Å². The van der Waals surface area contributed by atoms with Crippen molar-refractivity contribution in [2.75, 3.05) is 25.0 Å². The van der Waals surface area contributed by atoms with Crippen molar-refractivity contribution in [3.8, 4) is 0 Å². The number of hydrogen-bond acceptors (Lipinski definition) is 5. The van der Waals surface area contributed by atoms with E-state index in [0.717, 1.165) is 30.8 Å². The Hall–Kier alpha value is -1.99. The van der Waals surface area contributed by atoms with Gasteiger partial charge in [-0.25, -0.2) is 14.9 Å². The van der Waals surface area contributed by atoms with Crippen LogP contribution >= 0.6 is 0 Å². The fourth-order valence-electron chi connectivity index (χ4n) is 4.12. The number of nitrogens with one attached hydrogen (secondary N) is 2. The molecule has 148 valence electrons. The van der Waals surface area contributed by atoms with E-state index < -0.39 is 11.7 Å². The number of rotatable bonds is 6. The normalized spacial score (nSPS) is 22.4. The Kier molecular flexibility index (Phi) is 7.18. The molecule has 1 amide bonds. The minimum Gasteiger partial charge on any atom is -0.366 e. The first-order chi connectivity index (χ1) is 13.1. The number of carbonyl (C=O) groups excluding carboxylic acids is 1. The number of carbonyl (C=O) groups is 1. The van der Waals surface area contributed by atoms with Crippen LogP contribution < -0.4 is 10.8 Å². The van der Waals surface area contributed by atoms with Crippen LogP contribution in [0.2, 0.25) is 0 Å². The van der Waals surface area contributed by atoms with Gasteiger partial charge < -0.3 is 10.2 Å². The molecule has 1 saturated carbocycles. The molecule has 2 fully saturated rings. The average molecular weight is 376 g/mol. The Labute approximate surface area is 159 Å². The van der Waals surface area contributed by atoms with E-state index in [2.05, 4.69) is 15.2 Å². The highest BCUT2D eigenvalue weighted by Gasteiger charge is 2.23. The molecule has 2 heterocycles. The SMILES string of the molecule is O=C(NO)C(F)=Cc1ccc(N[C@@H]2CCCN(CC3CCCCC3)C2)nc1. The van der Waals surface area contributed by atoms with E-state index in [1.165, 1.54) is 63.3 Å². The molecule has 1 saturated heterocycles. The molecular weight excluding hydrogens is 347 g/mol. The first-order valence-electron chi connectivity index (χ1n) is 9.90. The Morgan fingerprint density at radius 3 is 2.78 bits per heavy atom. The molecule has 0 aromatic carbocycles. The van der Waals surface area contributed by atoms with E-state index in [1.54, 1.807) is 12.1 Å². The molecule has 1 aliphatic carbocycles. The summed E-state index contributed by atoms with van der Waals surface area (Å²) in [6.45, 7) is 3.42. The lowest BCUT2D eigenvalue weighted by molar-refractivity contribution is -0.126. The van der Waals surface area contributed by atoms with Gasteiger partial charge in [-0.2, -0.15) is 0 Å². The second-order valence-corrected chi connectivity index (χ2v) is 7.66. The van der Waals surface area contributed by atoms with Crippen LogP contribution in [-0.4, -0.2) is 46.7 Å². The van der Waals surface area contributed by atoms with Gasteiger partial charge in [-0.1, -0.05) is 19.3 Å². The van der Waals surface area contributed by atoms with Crippen LogP contribution in [-0.2, 0) is 4.79 Å². The minimum absolute atomic E-state index is 0.369. The van der Waals surface area contributed by atoms with Crippen LogP contribution in [0.3, 0.4) is 0 Å². The fourth-order valence-corrected chi connectivity index (χ4v) is 4.12. The van der Waals surface area contributed by atoms with Crippen molar-refractivity contribution < 1.29 is 14.4 Å². The summed E-state index contributed by atoms with van der Waals surface area (Å²) in [4.78, 5) is 17.9. The van der Waals surface area contributed by atoms with E-state index >= 15 is 0 Å². The smallest absolute Gasteiger partial charge is 0.303 e. The maximum atomic E-state index is 13.4. The van der Waals surface area contributed by atoms with Gasteiger partial charge in [-0.3, -0.25) is 10.0 Å². The minimum atomic E-state index is -1.17. The van der Waals surface area contributed by atoms with Crippen molar-refractivity contribution in [1.82, 2.24) is 15.4 Å². The van der Waals surface area contributed by atoms with Gasteiger partial charge in [0.25, 0.3) is 0 Å². The first-order valence-corrected chi connectivity index (χ1v) is 9.90. The molecule has 0 unspecified atom stereocenters. The van der Waals surface area contributed by atoms with Gasteiger partial charge in [0.2, 0.25) is 0 Å². The number of likely N-dealkylation sites (tertiary alicyclic amines) is 1. The topological polar surface area (TPSA) is 77.5 Å². The molecule has 1 aliphatic heterocycles. The Balaban J connectivity index is 1.51. The summed E-state index contributed by atoms with van der Waals surface area (Å²) >= 11 is 0. The highest BCUT2D eigenvalue weighted by Crippen LogP contribution is 2.26. The molecule has 27 heavy (non-hydrogen) atoms. The summed E-state index contributed by atoms with van der Waals surface area (Å²) in [6.07, 6.45) is 11.8. The molecule has 1 atom stereocenters. The number of piperidine rings is 1. The lowest BCUT2D eigenvalue weighted by atomic mass is 9.88. The number of aromatic nitrogens is 1. The predicted octanol–water partition coefficient (Wildman–Crippen LogP) is 3.35. The molecule has 0 bridgehead atoms. The fraction of sp³-hybridized carbons (Fsp3) is 0.600. The predicted molar refractivity (Wildman–Crippen MR) is 103 cm³/mol. The van der Waals surface area contributed by atoms with Crippen LogP contribution in [0, 0.1) is 5.92 Å². The van der Waals surface area contributed by atoms with E-state index in [-0.39, 0.29) is 0 Å². The van der Waals surface area contributed by atoms with Crippen molar-refractivity contribution in [2.24, 2.45) is 5.92 Å². The molecule has 0 radical (unpaired) electrons. The van der Waals surface area contributed by atoms with Gasteiger partial charge in [0.1, 0.15) is 5.82 Å². The highest BCUT2D eigenvalue weighted by molar-refractivity contribution is 5.94. The summed E-state index contributed by atoms with van der Waals surface area (Å²) in [5.74, 6) is -0.625. The van der Waals surface area contributed by atoms with E-state index in [0.29, 0.717) is 11.6 Å². The second kappa shape index (κ2) is 9.80. The third kappa shape index (κ3) is 6.01. The lowest BCUT2D eigenvalue weighted by Crippen LogP contribution is -2.44. The Morgan fingerprint density at radius 2 is 2.07 bits per heavy atom. The van der Waals surface area contributed by atoms with Crippen LogP contribution in [0.1, 0.15) is 50.5 Å². The number of hydroxylamine groups is 1. The molecule has 3 rings (SSSR count). The molecule has 3 N–H and O–H groups in total. The van der Waals surface area contributed by atoms with Gasteiger partial charge in [-0.05, 0) is 61.9 Å². The van der Waals surface area contributed by atoms with Crippen molar-refractivity contribution in [3.63, 3.8) is 0 Å². The second-order valence-electron chi connectivity index (χ2n) is 7.66. The third-order valence-electron chi connectivity index (χ3n) is 5.50.